The van der Waals surface area contributed by atoms with E-state index >= 15 is 0 Å². The summed E-state index contributed by atoms with van der Waals surface area (Å²) in [5, 5.41) is 2.22. The molecule has 0 saturated heterocycles. The number of nitrogens with zero attached hydrogens (tertiary/aromatic N) is 4. The molecule has 0 aliphatic rings. The van der Waals surface area contributed by atoms with Gasteiger partial charge >= 0.3 is 16.2 Å². The van der Waals surface area contributed by atoms with Crippen molar-refractivity contribution in [3.63, 3.8) is 0 Å². The Hall–Kier alpha value is -5.50. The monoisotopic (exact) mass is 801 g/mol. The van der Waals surface area contributed by atoms with E-state index in [9.17, 15) is 40.4 Å². The van der Waals surface area contributed by atoms with E-state index in [-0.39, 0.29) is 33.5 Å². The van der Waals surface area contributed by atoms with Crippen LogP contribution in [0.25, 0.3) is 20.4 Å². The number of rotatable bonds is 12. The highest BCUT2D eigenvalue weighted by Gasteiger charge is 2.32. The van der Waals surface area contributed by atoms with Crippen LogP contribution in [0.3, 0.4) is 0 Å². The van der Waals surface area contributed by atoms with Crippen molar-refractivity contribution in [3.05, 3.63) is 118 Å². The van der Waals surface area contributed by atoms with Gasteiger partial charge in [-0.1, -0.05) is 0 Å². The minimum absolute atomic E-state index is 0.0217. The highest BCUT2D eigenvalue weighted by Crippen LogP contribution is 2.26. The zero-order valence-corrected chi connectivity index (χ0v) is 30.5. The van der Waals surface area contributed by atoms with E-state index in [1.54, 1.807) is 22.9 Å². The lowest BCUT2D eigenvalue weighted by Gasteiger charge is -2.26. The predicted molar refractivity (Wildman–Crippen MR) is 197 cm³/mol. The second kappa shape index (κ2) is 15.8. The smallest absolute Gasteiger partial charge is 0.325 e. The van der Waals surface area contributed by atoms with Gasteiger partial charge in [0.2, 0.25) is 11.8 Å². The third-order valence-corrected chi connectivity index (χ3v) is 10.7. The van der Waals surface area contributed by atoms with E-state index in [2.05, 4.69) is 15.3 Å². The van der Waals surface area contributed by atoms with Gasteiger partial charge in [0.05, 0.1) is 34.1 Å². The van der Waals surface area contributed by atoms with Crippen molar-refractivity contribution in [1.29, 1.82) is 0 Å². The maximum absolute atomic E-state index is 14.1. The first-order chi connectivity index (χ1) is 26.4. The fourth-order valence-electron chi connectivity index (χ4n) is 5.58. The summed E-state index contributed by atoms with van der Waals surface area (Å²) in [4.78, 5) is 51.3. The number of urea groups is 1. The van der Waals surface area contributed by atoms with Crippen LogP contribution in [0.4, 0.5) is 33.7 Å². The number of carbonyl (C=O) groups is 3. The second-order valence-corrected chi connectivity index (χ2v) is 15.1. The number of carbonyl (C=O) groups excluding carboxylic acids is 3. The molecule has 280 valence electrons. The number of anilines is 2. The highest BCUT2D eigenvalue weighted by atomic mass is 32.2. The number of benzene rings is 4. The zero-order chi connectivity index (χ0) is 40.5. The molecule has 19 heteroatoms. The summed E-state index contributed by atoms with van der Waals surface area (Å²) in [5.74, 6) is -5.69. The van der Waals surface area contributed by atoms with Gasteiger partial charge < -0.3 is 15.1 Å². The molecule has 0 radical (unpaired) electrons. The van der Waals surface area contributed by atoms with Gasteiger partial charge in [-0.05, 0) is 78.2 Å². The average molecular weight is 802 g/mol. The van der Waals surface area contributed by atoms with E-state index in [0.717, 1.165) is 56.7 Å². The molecule has 6 aromatic rings. The van der Waals surface area contributed by atoms with Crippen LogP contribution in [-0.4, -0.2) is 62.4 Å². The van der Waals surface area contributed by atoms with Gasteiger partial charge in [-0.2, -0.15) is 13.1 Å². The van der Waals surface area contributed by atoms with Crippen LogP contribution < -0.4 is 24.6 Å². The summed E-state index contributed by atoms with van der Waals surface area (Å²) in [6, 6.07) is 9.26. The molecule has 54 heavy (non-hydrogen) atoms. The molecule has 0 aliphatic carbocycles. The Morgan fingerprint density at radius 3 is 1.59 bits per heavy atom. The maximum atomic E-state index is 14.1. The van der Waals surface area contributed by atoms with Crippen molar-refractivity contribution in [2.45, 2.75) is 24.9 Å². The number of thiazole rings is 2. The molecule has 6 rings (SSSR count). The zero-order valence-electron chi connectivity index (χ0n) is 30.1. The van der Waals surface area contributed by atoms with Gasteiger partial charge in [-0.25, -0.2) is 37.0 Å². The summed E-state index contributed by atoms with van der Waals surface area (Å²) in [5.41, 5.74) is 1.19. The Balaban J connectivity index is 1.24. The summed E-state index contributed by atoms with van der Waals surface area (Å²) < 4.78 is 104. The van der Waals surface area contributed by atoms with Crippen molar-refractivity contribution in [3.8, 4) is 0 Å². The molecule has 2 heterocycles. The number of halogens is 4. The molecule has 0 spiro atoms. The number of aromatic nitrogens is 2. The Bertz CT molecular complexity index is 2570. The molecule has 2 aromatic heterocycles. The van der Waals surface area contributed by atoms with Gasteiger partial charge in [0.15, 0.2) is 0 Å². The number of amides is 4. The summed E-state index contributed by atoms with van der Waals surface area (Å²) in [7, 11) is -2.36. The largest absolute Gasteiger partial charge is 0.330 e. The number of likely N-dealkylation sites (N-methyl/N-ethyl adjacent to an activating group) is 2. The minimum Gasteiger partial charge on any atom is -0.325 e. The van der Waals surface area contributed by atoms with Gasteiger partial charge in [0.1, 0.15) is 35.4 Å². The molecule has 3 N–H and O–H groups in total. The first-order valence-electron chi connectivity index (χ1n) is 16.7. The van der Waals surface area contributed by atoms with Crippen LogP contribution in [0.5, 0.6) is 0 Å². The molecule has 0 bridgehead atoms. The van der Waals surface area contributed by atoms with Crippen LogP contribution >= 0.6 is 22.7 Å². The van der Waals surface area contributed by atoms with Crippen LogP contribution in [0, 0.1) is 23.3 Å². The Morgan fingerprint density at radius 1 is 0.704 bits per heavy atom. The fraction of sp³-hybridized carbons (Fsp3) is 0.171. The molecule has 12 nitrogen and oxygen atoms in total. The third-order valence-electron chi connectivity index (χ3n) is 8.11. The number of nitrogens with one attached hydrogen (secondary N) is 3. The fourth-order valence-corrected chi connectivity index (χ4v) is 7.67. The lowest BCUT2D eigenvalue weighted by molar-refractivity contribution is -0.120. The quantitative estimate of drug-likeness (QED) is 0.139. The van der Waals surface area contributed by atoms with Crippen molar-refractivity contribution < 1.29 is 43.1 Å². The van der Waals surface area contributed by atoms with Crippen LogP contribution in [0.15, 0.2) is 83.8 Å². The Kier molecular flexibility index (Phi) is 10.4. The lowest BCUT2D eigenvalue weighted by atomic mass is 10.0. The van der Waals surface area contributed by atoms with Gasteiger partial charge in [-0.15, -0.1) is 22.7 Å². The molecule has 0 saturated carbocycles. The normalized spacial score (nSPS) is 13.2. The van der Waals surface area contributed by atoms with E-state index in [4.69, 9.17) is 2.74 Å². The van der Waals surface area contributed by atoms with E-state index < -0.39 is 76.2 Å². The maximum Gasteiger partial charge on any atom is 0.330 e. The molecule has 4 aromatic carbocycles. The van der Waals surface area contributed by atoms with Gasteiger partial charge in [0.25, 0.3) is 0 Å². The van der Waals surface area contributed by atoms with Gasteiger partial charge in [-0.3, -0.25) is 9.59 Å². The number of fused-ring (bicyclic) bond motifs is 2. The van der Waals surface area contributed by atoms with E-state index in [1.165, 1.54) is 32.3 Å². The number of hydrogen-bond donors (Lipinski definition) is 3. The topological polar surface area (TPSA) is 154 Å². The van der Waals surface area contributed by atoms with Crippen molar-refractivity contribution in [2.75, 3.05) is 23.9 Å². The van der Waals surface area contributed by atoms with Crippen LogP contribution in [0.2, 0.25) is 0 Å². The average Bonchev–Trinajstić information content (AvgIpc) is 3.67. The molecule has 0 unspecified atom stereocenters. The van der Waals surface area contributed by atoms with Crippen LogP contribution in [-0.2, 0) is 32.6 Å². The summed E-state index contributed by atoms with van der Waals surface area (Å²) in [6.07, 6.45) is -1.09. The van der Waals surface area contributed by atoms with Crippen molar-refractivity contribution in [1.82, 2.24) is 24.7 Å². The Morgan fingerprint density at radius 2 is 1.13 bits per heavy atom. The molecular formula is C35H29F4N7O5S3. The van der Waals surface area contributed by atoms with E-state index in [0.29, 0.717) is 32.6 Å². The van der Waals surface area contributed by atoms with Crippen molar-refractivity contribution >= 4 is 82.5 Å². The Labute approximate surface area is 316 Å². The van der Waals surface area contributed by atoms with Crippen molar-refractivity contribution in [2.24, 2.45) is 0 Å². The first kappa shape index (κ1) is 35.5. The van der Waals surface area contributed by atoms with Crippen LogP contribution in [0.1, 0.15) is 13.9 Å². The molecule has 4 amide bonds. The summed E-state index contributed by atoms with van der Waals surface area (Å²) >= 11 is 2.19. The molecule has 0 fully saturated rings. The van der Waals surface area contributed by atoms with Gasteiger partial charge in [0, 0.05) is 44.0 Å². The van der Waals surface area contributed by atoms with E-state index in [1.807, 2.05) is 4.72 Å². The number of hydrogen-bond acceptors (Lipinski definition) is 9. The standard InChI is InChI=1S/C35H29F4N7O5S3/c1-45(25-3-5-31-27(15-25)40-17-52-31)33(47)29(11-19-7-21(36)13-22(37)8-19)42-35(49)44-54(50,51)43-30(12-20-9-23(38)14-24(39)10-20)34(48)46(2)26-4-6-32-28(16-26)41-18-53-32/h3-10,13-18,29-30,43H,11-12H2,1-2H3,(H2,42,44,49)/t29-,30-/m0/s1/i17D,18D. The lowest BCUT2D eigenvalue weighted by Crippen LogP contribution is -2.57. The first-order valence-corrected chi connectivity index (χ1v) is 18.8. The predicted octanol–water partition coefficient (Wildman–Crippen LogP) is 5.44. The summed E-state index contributed by atoms with van der Waals surface area (Å²) in [6.45, 7) is 0. The second-order valence-electron chi connectivity index (χ2n) is 12.0. The molecule has 0 aliphatic heterocycles. The minimum atomic E-state index is -5.02. The molecular weight excluding hydrogens is 771 g/mol. The highest BCUT2D eigenvalue weighted by molar-refractivity contribution is 7.88. The SMILES string of the molecule is [2H]c1nc2cc(N(C)C(=O)[C@H](Cc3cc(F)cc(F)c3)NC(=O)NS(=O)(=O)N[C@@H](Cc3cc(F)cc(F)c3)C(=O)N(C)c3ccc4sc([2H])nc4c3)ccc2s1. The third kappa shape index (κ3) is 9.16. The molecule has 2 atom stereocenters.